The number of piperazine rings is 1. The van der Waals surface area contributed by atoms with Crippen LogP contribution in [0.25, 0.3) is 0 Å². The van der Waals surface area contributed by atoms with Gasteiger partial charge in [0.05, 0.1) is 10.9 Å². The van der Waals surface area contributed by atoms with Crippen molar-refractivity contribution in [3.63, 3.8) is 0 Å². The Balaban J connectivity index is 1.97. The lowest BCUT2D eigenvalue weighted by molar-refractivity contribution is -0.127. The topological polar surface area (TPSA) is 69.7 Å². The van der Waals surface area contributed by atoms with Crippen molar-refractivity contribution in [2.45, 2.75) is 44.2 Å². The van der Waals surface area contributed by atoms with Crippen LogP contribution in [-0.2, 0) is 14.8 Å². The molecule has 1 aliphatic rings. The summed E-state index contributed by atoms with van der Waals surface area (Å²) in [4.78, 5) is 14.6. The van der Waals surface area contributed by atoms with Gasteiger partial charge in [0.2, 0.25) is 15.9 Å². The summed E-state index contributed by atoms with van der Waals surface area (Å²) in [6, 6.07) is 8.20. The van der Waals surface area contributed by atoms with Crippen molar-refractivity contribution in [3.05, 3.63) is 30.3 Å². The first-order valence-corrected chi connectivity index (χ1v) is 9.66. The van der Waals surface area contributed by atoms with E-state index < -0.39 is 10.0 Å². The fraction of sp³-hybridized carbons (Fsp3) is 0.588. The Bertz CT molecular complexity index is 660. The minimum atomic E-state index is -3.45. The molecule has 0 radical (unpaired) electrons. The Labute approximate surface area is 144 Å². The van der Waals surface area contributed by atoms with Gasteiger partial charge in [-0.05, 0) is 39.8 Å². The SMILES string of the molecule is C[C@H](C(=O)NC(C)(C)C)N1CCN(S(=O)(=O)c2ccccc2)CC1. The summed E-state index contributed by atoms with van der Waals surface area (Å²) in [6.45, 7) is 9.58. The highest BCUT2D eigenvalue weighted by molar-refractivity contribution is 7.89. The molecule has 1 saturated heterocycles. The smallest absolute Gasteiger partial charge is 0.243 e. The van der Waals surface area contributed by atoms with Gasteiger partial charge in [-0.2, -0.15) is 4.31 Å². The maximum absolute atomic E-state index is 12.6. The molecule has 1 N–H and O–H groups in total. The summed E-state index contributed by atoms with van der Waals surface area (Å²) >= 11 is 0. The summed E-state index contributed by atoms with van der Waals surface area (Å²) in [5.41, 5.74) is -0.274. The van der Waals surface area contributed by atoms with Crippen LogP contribution in [0.2, 0.25) is 0 Å². The molecule has 1 amide bonds. The average Bonchev–Trinajstić information content (AvgIpc) is 2.53. The standard InChI is InChI=1S/C17H27N3O3S/c1-14(16(21)18-17(2,3)4)19-10-12-20(13-11-19)24(22,23)15-8-6-5-7-9-15/h5-9,14H,10-13H2,1-4H3,(H,18,21)/t14-/m1/s1. The Morgan fingerprint density at radius 2 is 1.62 bits per heavy atom. The second kappa shape index (κ2) is 7.21. The van der Waals surface area contributed by atoms with E-state index in [9.17, 15) is 13.2 Å². The molecule has 1 fully saturated rings. The number of hydrogen-bond donors (Lipinski definition) is 1. The highest BCUT2D eigenvalue weighted by Crippen LogP contribution is 2.18. The molecule has 1 heterocycles. The molecule has 1 aromatic carbocycles. The zero-order valence-electron chi connectivity index (χ0n) is 14.8. The summed E-state index contributed by atoms with van der Waals surface area (Å²) in [5.74, 6) is -0.0260. The molecule has 0 bridgehead atoms. The number of carbonyl (C=O) groups is 1. The molecule has 0 aromatic heterocycles. The van der Waals surface area contributed by atoms with Crippen molar-refractivity contribution in [2.24, 2.45) is 0 Å². The van der Waals surface area contributed by atoms with Crippen LogP contribution < -0.4 is 5.32 Å². The van der Waals surface area contributed by atoms with Gasteiger partial charge in [-0.15, -0.1) is 0 Å². The van der Waals surface area contributed by atoms with Gasteiger partial charge in [0.25, 0.3) is 0 Å². The number of benzene rings is 1. The predicted molar refractivity (Wildman–Crippen MR) is 94.1 cm³/mol. The van der Waals surface area contributed by atoms with E-state index in [2.05, 4.69) is 5.32 Å². The van der Waals surface area contributed by atoms with E-state index in [-0.39, 0.29) is 17.5 Å². The van der Waals surface area contributed by atoms with Crippen molar-refractivity contribution in [1.82, 2.24) is 14.5 Å². The van der Waals surface area contributed by atoms with E-state index in [0.29, 0.717) is 31.1 Å². The molecule has 134 valence electrons. The number of rotatable bonds is 4. The molecule has 2 rings (SSSR count). The van der Waals surface area contributed by atoms with E-state index in [1.54, 1.807) is 30.3 Å². The molecule has 0 aliphatic carbocycles. The fourth-order valence-corrected chi connectivity index (χ4v) is 4.16. The third-order valence-corrected chi connectivity index (χ3v) is 5.99. The first-order valence-electron chi connectivity index (χ1n) is 8.22. The van der Waals surface area contributed by atoms with Crippen LogP contribution in [0.3, 0.4) is 0 Å². The second-order valence-electron chi connectivity index (χ2n) is 7.17. The fourth-order valence-electron chi connectivity index (χ4n) is 2.71. The average molecular weight is 353 g/mol. The van der Waals surface area contributed by atoms with E-state index in [4.69, 9.17) is 0 Å². The van der Waals surface area contributed by atoms with Gasteiger partial charge in [-0.25, -0.2) is 8.42 Å². The van der Waals surface area contributed by atoms with Gasteiger partial charge >= 0.3 is 0 Å². The lowest BCUT2D eigenvalue weighted by atomic mass is 10.1. The maximum Gasteiger partial charge on any atom is 0.243 e. The zero-order valence-corrected chi connectivity index (χ0v) is 15.6. The molecule has 0 unspecified atom stereocenters. The Morgan fingerprint density at radius 3 is 2.12 bits per heavy atom. The van der Waals surface area contributed by atoms with Crippen LogP contribution >= 0.6 is 0 Å². The molecular weight excluding hydrogens is 326 g/mol. The van der Waals surface area contributed by atoms with Crippen LogP contribution in [0.4, 0.5) is 0 Å². The Morgan fingerprint density at radius 1 is 1.08 bits per heavy atom. The van der Waals surface area contributed by atoms with Gasteiger partial charge in [0.1, 0.15) is 0 Å². The molecular formula is C17H27N3O3S. The minimum Gasteiger partial charge on any atom is -0.350 e. The first kappa shape index (κ1) is 18.9. The molecule has 0 spiro atoms. The molecule has 1 aromatic rings. The third-order valence-electron chi connectivity index (χ3n) is 4.08. The summed E-state index contributed by atoms with van der Waals surface area (Å²) in [5, 5.41) is 2.97. The van der Waals surface area contributed by atoms with Crippen LogP contribution in [0.5, 0.6) is 0 Å². The van der Waals surface area contributed by atoms with Gasteiger partial charge in [-0.1, -0.05) is 18.2 Å². The quantitative estimate of drug-likeness (QED) is 0.886. The molecule has 7 heteroatoms. The summed E-state index contributed by atoms with van der Waals surface area (Å²) < 4.78 is 26.7. The van der Waals surface area contributed by atoms with Gasteiger partial charge in [0, 0.05) is 31.7 Å². The largest absolute Gasteiger partial charge is 0.350 e. The number of sulfonamides is 1. The molecule has 1 atom stereocenters. The van der Waals surface area contributed by atoms with Gasteiger partial charge in [-0.3, -0.25) is 9.69 Å². The lowest BCUT2D eigenvalue weighted by Gasteiger charge is -2.37. The summed E-state index contributed by atoms with van der Waals surface area (Å²) in [6.07, 6.45) is 0. The molecule has 0 saturated carbocycles. The van der Waals surface area contributed by atoms with E-state index >= 15 is 0 Å². The number of nitrogens with one attached hydrogen (secondary N) is 1. The van der Waals surface area contributed by atoms with Crippen molar-refractivity contribution in [3.8, 4) is 0 Å². The number of amides is 1. The van der Waals surface area contributed by atoms with Gasteiger partial charge < -0.3 is 5.32 Å². The normalized spacial score (nSPS) is 19.0. The van der Waals surface area contributed by atoms with Crippen LogP contribution in [0.1, 0.15) is 27.7 Å². The Hall–Kier alpha value is -1.44. The van der Waals surface area contributed by atoms with Crippen molar-refractivity contribution in [1.29, 1.82) is 0 Å². The molecule has 24 heavy (non-hydrogen) atoms. The molecule has 1 aliphatic heterocycles. The zero-order chi connectivity index (χ0) is 18.0. The second-order valence-corrected chi connectivity index (χ2v) is 9.11. The van der Waals surface area contributed by atoms with E-state index in [1.165, 1.54) is 4.31 Å². The third kappa shape index (κ3) is 4.55. The minimum absolute atomic E-state index is 0.0260. The first-order chi connectivity index (χ1) is 11.1. The summed E-state index contributed by atoms with van der Waals surface area (Å²) in [7, 11) is -3.45. The van der Waals surface area contributed by atoms with Crippen LogP contribution in [-0.4, -0.2) is 61.3 Å². The Kier molecular flexibility index (Phi) is 5.67. The highest BCUT2D eigenvalue weighted by Gasteiger charge is 2.32. The van der Waals surface area contributed by atoms with E-state index in [1.807, 2.05) is 32.6 Å². The monoisotopic (exact) mass is 353 g/mol. The van der Waals surface area contributed by atoms with Gasteiger partial charge in [0.15, 0.2) is 0 Å². The van der Waals surface area contributed by atoms with E-state index in [0.717, 1.165) is 0 Å². The van der Waals surface area contributed by atoms with Crippen LogP contribution in [0.15, 0.2) is 35.2 Å². The van der Waals surface area contributed by atoms with Crippen molar-refractivity contribution < 1.29 is 13.2 Å². The molecule has 6 nitrogen and oxygen atoms in total. The number of carbonyl (C=O) groups excluding carboxylic acids is 1. The van der Waals surface area contributed by atoms with Crippen molar-refractivity contribution in [2.75, 3.05) is 26.2 Å². The number of nitrogens with zero attached hydrogens (tertiary/aromatic N) is 2. The maximum atomic E-state index is 12.6. The predicted octanol–water partition coefficient (Wildman–Crippen LogP) is 1.30. The number of hydrogen-bond acceptors (Lipinski definition) is 4. The highest BCUT2D eigenvalue weighted by atomic mass is 32.2. The van der Waals surface area contributed by atoms with Crippen LogP contribution in [0, 0.1) is 0 Å². The van der Waals surface area contributed by atoms with Crippen molar-refractivity contribution >= 4 is 15.9 Å². The lowest BCUT2D eigenvalue weighted by Crippen LogP contribution is -2.56.